The smallest absolute Gasteiger partial charge is 0.266 e. The van der Waals surface area contributed by atoms with Gasteiger partial charge < -0.3 is 5.73 Å². The van der Waals surface area contributed by atoms with Crippen molar-refractivity contribution in [3.05, 3.63) is 40.7 Å². The summed E-state index contributed by atoms with van der Waals surface area (Å²) in [6.07, 6.45) is 0. The number of imide groups is 1. The number of aryl methyl sites for hydroxylation is 2. The molecule has 19 heavy (non-hydrogen) atoms. The maximum absolute atomic E-state index is 12.4. The van der Waals surface area contributed by atoms with Gasteiger partial charge in [0.25, 0.3) is 11.8 Å². The number of aromatic nitrogens is 2. The summed E-state index contributed by atoms with van der Waals surface area (Å²) in [5, 5.41) is 6.79. The molecule has 3 rings (SSSR count). The molecule has 1 aliphatic heterocycles. The molecule has 2 heterocycles. The van der Waals surface area contributed by atoms with Crippen LogP contribution in [0.1, 0.15) is 32.1 Å². The quantitative estimate of drug-likeness (QED) is 0.596. The topological polar surface area (TPSA) is 92.1 Å². The van der Waals surface area contributed by atoms with E-state index in [-0.39, 0.29) is 11.8 Å². The predicted octanol–water partition coefficient (Wildman–Crippen LogP) is 1.41. The van der Waals surface area contributed by atoms with Gasteiger partial charge >= 0.3 is 0 Å². The Hall–Kier alpha value is -2.63. The van der Waals surface area contributed by atoms with E-state index in [0.29, 0.717) is 33.9 Å². The third kappa shape index (κ3) is 1.46. The average molecular weight is 256 g/mol. The number of hydrogen-bond acceptors (Lipinski definition) is 4. The SMILES string of the molecule is Cc1n[nH]c(C)c1N1C(=O)c2ccc(N)cc2C1=O. The molecule has 0 radical (unpaired) electrons. The van der Waals surface area contributed by atoms with Crippen LogP contribution < -0.4 is 10.6 Å². The van der Waals surface area contributed by atoms with Crippen LogP contribution in [0.5, 0.6) is 0 Å². The third-order valence-corrected chi connectivity index (χ3v) is 3.22. The van der Waals surface area contributed by atoms with Gasteiger partial charge in [0.05, 0.1) is 28.2 Å². The molecule has 1 aromatic heterocycles. The second-order valence-corrected chi connectivity index (χ2v) is 4.53. The van der Waals surface area contributed by atoms with E-state index >= 15 is 0 Å². The number of hydrogen-bond donors (Lipinski definition) is 2. The lowest BCUT2D eigenvalue weighted by atomic mass is 10.1. The Morgan fingerprint density at radius 2 is 1.84 bits per heavy atom. The van der Waals surface area contributed by atoms with E-state index in [9.17, 15) is 9.59 Å². The third-order valence-electron chi connectivity index (χ3n) is 3.22. The first-order chi connectivity index (χ1) is 9.00. The Labute approximate surface area is 109 Å². The largest absolute Gasteiger partial charge is 0.399 e. The van der Waals surface area contributed by atoms with Gasteiger partial charge in [-0.3, -0.25) is 14.7 Å². The van der Waals surface area contributed by atoms with Crippen molar-refractivity contribution in [2.75, 3.05) is 10.6 Å². The number of nitrogen functional groups attached to an aromatic ring is 1. The number of nitrogens with two attached hydrogens (primary N) is 1. The number of rotatable bonds is 1. The van der Waals surface area contributed by atoms with Crippen LogP contribution in [0.25, 0.3) is 0 Å². The van der Waals surface area contributed by atoms with E-state index in [0.717, 1.165) is 4.90 Å². The Morgan fingerprint density at radius 1 is 1.16 bits per heavy atom. The number of amides is 2. The molecule has 0 aliphatic carbocycles. The van der Waals surface area contributed by atoms with E-state index in [1.165, 1.54) is 6.07 Å². The molecule has 1 aliphatic rings. The summed E-state index contributed by atoms with van der Waals surface area (Å²) in [6.45, 7) is 3.52. The number of H-pyrrole nitrogens is 1. The number of nitrogens with zero attached hydrogens (tertiary/aromatic N) is 2. The van der Waals surface area contributed by atoms with E-state index in [2.05, 4.69) is 10.2 Å². The zero-order valence-corrected chi connectivity index (χ0v) is 10.5. The van der Waals surface area contributed by atoms with Crippen molar-refractivity contribution in [3.8, 4) is 0 Å². The normalized spacial score (nSPS) is 14.1. The van der Waals surface area contributed by atoms with Gasteiger partial charge in [0.15, 0.2) is 0 Å². The Morgan fingerprint density at radius 3 is 2.47 bits per heavy atom. The van der Waals surface area contributed by atoms with Crippen molar-refractivity contribution in [1.82, 2.24) is 10.2 Å². The van der Waals surface area contributed by atoms with E-state index in [4.69, 9.17) is 5.73 Å². The van der Waals surface area contributed by atoms with E-state index < -0.39 is 0 Å². The summed E-state index contributed by atoms with van der Waals surface area (Å²) in [5.74, 6) is -0.701. The first-order valence-electron chi connectivity index (χ1n) is 5.80. The van der Waals surface area contributed by atoms with Crippen molar-refractivity contribution in [3.63, 3.8) is 0 Å². The van der Waals surface area contributed by atoms with Crippen molar-refractivity contribution in [1.29, 1.82) is 0 Å². The molecule has 0 bridgehead atoms. The van der Waals surface area contributed by atoms with Gasteiger partial charge in [-0.25, -0.2) is 4.90 Å². The highest BCUT2D eigenvalue weighted by Gasteiger charge is 2.38. The van der Waals surface area contributed by atoms with Gasteiger partial charge in [-0.1, -0.05) is 0 Å². The summed E-state index contributed by atoms with van der Waals surface area (Å²) in [7, 11) is 0. The highest BCUT2D eigenvalue weighted by atomic mass is 16.2. The number of nitrogens with one attached hydrogen (secondary N) is 1. The molecule has 6 heteroatoms. The molecule has 6 nitrogen and oxygen atoms in total. The maximum Gasteiger partial charge on any atom is 0.266 e. The second-order valence-electron chi connectivity index (χ2n) is 4.53. The summed E-state index contributed by atoms with van der Waals surface area (Å²) >= 11 is 0. The lowest BCUT2D eigenvalue weighted by molar-refractivity contribution is 0.0925. The summed E-state index contributed by atoms with van der Waals surface area (Å²) < 4.78 is 0. The van der Waals surface area contributed by atoms with Crippen molar-refractivity contribution in [2.24, 2.45) is 0 Å². The lowest BCUT2D eigenvalue weighted by Gasteiger charge is -2.13. The molecule has 96 valence electrons. The molecule has 3 N–H and O–H groups in total. The number of benzene rings is 1. The van der Waals surface area contributed by atoms with Crippen LogP contribution in [0.15, 0.2) is 18.2 Å². The van der Waals surface area contributed by atoms with Crippen molar-refractivity contribution >= 4 is 23.2 Å². The lowest BCUT2D eigenvalue weighted by Crippen LogP contribution is -2.30. The molecule has 0 saturated heterocycles. The summed E-state index contributed by atoms with van der Waals surface area (Å²) in [6, 6.07) is 4.72. The van der Waals surface area contributed by atoms with Crippen LogP contribution >= 0.6 is 0 Å². The van der Waals surface area contributed by atoms with Crippen LogP contribution in [0.2, 0.25) is 0 Å². The van der Waals surface area contributed by atoms with Gasteiger partial charge in [-0.05, 0) is 32.0 Å². The fraction of sp³-hybridized carbons (Fsp3) is 0.154. The monoisotopic (exact) mass is 256 g/mol. The highest BCUT2D eigenvalue weighted by molar-refractivity contribution is 6.35. The number of anilines is 2. The maximum atomic E-state index is 12.4. The van der Waals surface area contributed by atoms with Gasteiger partial charge in [0, 0.05) is 5.69 Å². The molecule has 2 amide bonds. The molecule has 0 unspecified atom stereocenters. The standard InChI is InChI=1S/C13H12N4O2/c1-6-11(7(2)16-15-6)17-12(18)9-4-3-8(14)5-10(9)13(17)19/h3-5H,14H2,1-2H3,(H,15,16). The van der Waals surface area contributed by atoms with Crippen molar-refractivity contribution in [2.45, 2.75) is 13.8 Å². The minimum atomic E-state index is -0.361. The zero-order valence-electron chi connectivity index (χ0n) is 10.5. The first kappa shape index (κ1) is 11.5. The van der Waals surface area contributed by atoms with Crippen LogP contribution in [-0.4, -0.2) is 22.0 Å². The minimum absolute atomic E-state index is 0.338. The van der Waals surface area contributed by atoms with Crippen LogP contribution in [0.3, 0.4) is 0 Å². The number of carbonyl (C=O) groups is 2. The van der Waals surface area contributed by atoms with E-state index in [1.54, 1.807) is 26.0 Å². The second kappa shape index (κ2) is 3.68. The molecule has 0 saturated carbocycles. The molecule has 0 fully saturated rings. The fourth-order valence-electron chi connectivity index (χ4n) is 2.34. The van der Waals surface area contributed by atoms with Gasteiger partial charge in [-0.15, -0.1) is 0 Å². The molecule has 0 spiro atoms. The molecule has 0 atom stereocenters. The van der Waals surface area contributed by atoms with Gasteiger partial charge in [0.1, 0.15) is 0 Å². The van der Waals surface area contributed by atoms with Crippen molar-refractivity contribution < 1.29 is 9.59 Å². The molecular formula is C13H12N4O2. The number of carbonyl (C=O) groups excluding carboxylic acids is 2. The minimum Gasteiger partial charge on any atom is -0.399 e. The molecule has 1 aromatic carbocycles. The fourth-order valence-corrected chi connectivity index (χ4v) is 2.34. The zero-order chi connectivity index (χ0) is 13.7. The van der Waals surface area contributed by atoms with Crippen LogP contribution in [0.4, 0.5) is 11.4 Å². The molecular weight excluding hydrogens is 244 g/mol. The van der Waals surface area contributed by atoms with E-state index in [1.807, 2.05) is 0 Å². The van der Waals surface area contributed by atoms with Gasteiger partial charge in [0.2, 0.25) is 0 Å². The number of aromatic amines is 1. The summed E-state index contributed by atoms with van der Waals surface area (Å²) in [4.78, 5) is 25.9. The predicted molar refractivity (Wildman–Crippen MR) is 70.1 cm³/mol. The van der Waals surface area contributed by atoms with Gasteiger partial charge in [-0.2, -0.15) is 5.10 Å². The average Bonchev–Trinajstić information content (AvgIpc) is 2.80. The Kier molecular flexibility index (Phi) is 2.22. The summed E-state index contributed by atoms with van der Waals surface area (Å²) in [5.41, 5.74) is 8.64. The highest BCUT2D eigenvalue weighted by Crippen LogP contribution is 2.32. The van der Waals surface area contributed by atoms with Crippen LogP contribution in [-0.2, 0) is 0 Å². The number of fused-ring (bicyclic) bond motifs is 1. The Balaban J connectivity index is 2.18. The van der Waals surface area contributed by atoms with Crippen LogP contribution in [0, 0.1) is 13.8 Å². The Bertz CT molecular complexity index is 698. The molecule has 2 aromatic rings. The first-order valence-corrected chi connectivity index (χ1v) is 5.80.